The fourth-order valence-corrected chi connectivity index (χ4v) is 3.41. The second kappa shape index (κ2) is 11.2. The molecule has 0 bridgehead atoms. The van der Waals surface area contributed by atoms with Crippen LogP contribution >= 0.6 is 0 Å². The highest BCUT2D eigenvalue weighted by Crippen LogP contribution is 2.18. The van der Waals surface area contributed by atoms with Gasteiger partial charge < -0.3 is 14.4 Å². The lowest BCUT2D eigenvalue weighted by atomic mass is 10.1. The average molecular weight is 408 g/mol. The summed E-state index contributed by atoms with van der Waals surface area (Å²) in [7, 11) is 0. The molecule has 1 heterocycles. The molecule has 6 nitrogen and oxygen atoms in total. The summed E-state index contributed by atoms with van der Waals surface area (Å²) in [5.74, 6) is 1.50. The highest BCUT2D eigenvalue weighted by atomic mass is 16.5. The second-order valence-corrected chi connectivity index (χ2v) is 7.43. The van der Waals surface area contributed by atoms with Crippen molar-refractivity contribution in [3.05, 3.63) is 59.7 Å². The molecule has 1 saturated heterocycles. The van der Waals surface area contributed by atoms with Gasteiger partial charge in [0.1, 0.15) is 11.5 Å². The molecule has 2 aromatic rings. The molecule has 0 N–H and O–H groups in total. The summed E-state index contributed by atoms with van der Waals surface area (Å²) in [6.07, 6.45) is 1.90. The van der Waals surface area contributed by atoms with E-state index in [1.807, 2.05) is 53.4 Å². The molecule has 158 valence electrons. The van der Waals surface area contributed by atoms with Gasteiger partial charge in [-0.2, -0.15) is 5.26 Å². The summed E-state index contributed by atoms with van der Waals surface area (Å²) in [4.78, 5) is 16.8. The van der Waals surface area contributed by atoms with Crippen molar-refractivity contribution in [1.82, 2.24) is 9.80 Å². The van der Waals surface area contributed by atoms with Crippen molar-refractivity contribution in [2.24, 2.45) is 0 Å². The van der Waals surface area contributed by atoms with Gasteiger partial charge in [-0.25, -0.2) is 0 Å². The van der Waals surface area contributed by atoms with Gasteiger partial charge in [-0.1, -0.05) is 19.1 Å². The van der Waals surface area contributed by atoms with Crippen molar-refractivity contribution in [2.45, 2.75) is 26.3 Å². The normalized spacial score (nSPS) is 14.6. The van der Waals surface area contributed by atoms with Crippen LogP contribution in [0.25, 0.3) is 0 Å². The molecule has 6 heteroatoms. The van der Waals surface area contributed by atoms with E-state index in [0.29, 0.717) is 24.5 Å². The van der Waals surface area contributed by atoms with Crippen LogP contribution in [0.3, 0.4) is 0 Å². The number of ether oxygens (including phenoxy) is 2. The minimum absolute atomic E-state index is 0.0153. The molecule has 0 unspecified atom stereocenters. The van der Waals surface area contributed by atoms with Crippen LogP contribution in [-0.2, 0) is 11.3 Å². The highest BCUT2D eigenvalue weighted by molar-refractivity contribution is 5.77. The van der Waals surface area contributed by atoms with Gasteiger partial charge in [0.05, 0.1) is 18.2 Å². The Morgan fingerprint density at radius 2 is 1.67 bits per heavy atom. The second-order valence-electron chi connectivity index (χ2n) is 7.43. The summed E-state index contributed by atoms with van der Waals surface area (Å²) in [5.41, 5.74) is 1.86. The predicted molar refractivity (Wildman–Crippen MR) is 115 cm³/mol. The van der Waals surface area contributed by atoms with Crippen molar-refractivity contribution in [3.63, 3.8) is 0 Å². The van der Waals surface area contributed by atoms with E-state index in [1.165, 1.54) is 5.56 Å². The van der Waals surface area contributed by atoms with E-state index in [-0.39, 0.29) is 12.5 Å². The third-order valence-corrected chi connectivity index (χ3v) is 5.09. The van der Waals surface area contributed by atoms with Gasteiger partial charge in [-0.3, -0.25) is 9.69 Å². The third kappa shape index (κ3) is 6.50. The number of amides is 1. The number of nitriles is 1. The standard InChI is InChI=1S/C24H29N3O3/c1-2-16-29-22-8-10-23(11-9-22)30-19-24(28)27-13-3-12-26(14-15-27)18-21-6-4-20(17-25)5-7-21/h4-11H,2-3,12-16,18-19H2,1H3. The van der Waals surface area contributed by atoms with Crippen LogP contribution < -0.4 is 9.47 Å². The van der Waals surface area contributed by atoms with Crippen molar-refractivity contribution < 1.29 is 14.3 Å². The molecule has 0 radical (unpaired) electrons. The van der Waals surface area contributed by atoms with Gasteiger partial charge in [0, 0.05) is 32.7 Å². The lowest BCUT2D eigenvalue weighted by molar-refractivity contribution is -0.133. The zero-order valence-corrected chi connectivity index (χ0v) is 17.5. The summed E-state index contributed by atoms with van der Waals surface area (Å²) >= 11 is 0. The van der Waals surface area contributed by atoms with Gasteiger partial charge in [0.15, 0.2) is 6.61 Å². The Bertz CT molecular complexity index is 843. The van der Waals surface area contributed by atoms with Crippen molar-refractivity contribution >= 4 is 5.91 Å². The number of carbonyl (C=O) groups is 1. The molecule has 3 rings (SSSR count). The molecule has 0 atom stereocenters. The molecule has 0 aromatic heterocycles. The summed E-state index contributed by atoms with van der Waals surface area (Å²) in [6, 6.07) is 17.2. The minimum atomic E-state index is 0.0153. The molecular formula is C24H29N3O3. The number of rotatable bonds is 8. The van der Waals surface area contributed by atoms with E-state index in [1.54, 1.807) is 0 Å². The number of nitrogens with zero attached hydrogens (tertiary/aromatic N) is 3. The first-order valence-electron chi connectivity index (χ1n) is 10.5. The van der Waals surface area contributed by atoms with Crippen LogP contribution in [0.4, 0.5) is 0 Å². The van der Waals surface area contributed by atoms with Gasteiger partial charge in [0.2, 0.25) is 0 Å². The predicted octanol–water partition coefficient (Wildman–Crippen LogP) is 3.46. The Hall–Kier alpha value is -3.04. The number of hydrogen-bond acceptors (Lipinski definition) is 5. The zero-order chi connectivity index (χ0) is 21.2. The highest BCUT2D eigenvalue weighted by Gasteiger charge is 2.19. The Morgan fingerprint density at radius 1 is 0.967 bits per heavy atom. The number of carbonyl (C=O) groups excluding carboxylic acids is 1. The van der Waals surface area contributed by atoms with Gasteiger partial charge in [-0.05, 0) is 54.8 Å². The first-order chi connectivity index (χ1) is 14.7. The molecule has 1 aliphatic rings. The quantitative estimate of drug-likeness (QED) is 0.670. The lowest BCUT2D eigenvalue weighted by Gasteiger charge is -2.22. The summed E-state index contributed by atoms with van der Waals surface area (Å²) in [6.45, 7) is 6.85. The molecule has 1 amide bonds. The number of benzene rings is 2. The molecular weight excluding hydrogens is 378 g/mol. The maximum absolute atomic E-state index is 12.6. The summed E-state index contributed by atoms with van der Waals surface area (Å²) < 4.78 is 11.2. The fraction of sp³-hybridized carbons (Fsp3) is 0.417. The topological polar surface area (TPSA) is 65.8 Å². The fourth-order valence-electron chi connectivity index (χ4n) is 3.41. The van der Waals surface area contributed by atoms with Crippen LogP contribution in [0.15, 0.2) is 48.5 Å². The van der Waals surface area contributed by atoms with E-state index >= 15 is 0 Å². The molecule has 0 saturated carbocycles. The van der Waals surface area contributed by atoms with Crippen LogP contribution in [0, 0.1) is 11.3 Å². The molecule has 0 aliphatic carbocycles. The first-order valence-corrected chi connectivity index (χ1v) is 10.5. The molecule has 0 spiro atoms. The number of hydrogen-bond donors (Lipinski definition) is 0. The van der Waals surface area contributed by atoms with Gasteiger partial charge >= 0.3 is 0 Å². The van der Waals surface area contributed by atoms with E-state index in [4.69, 9.17) is 14.7 Å². The van der Waals surface area contributed by atoms with Crippen LogP contribution in [0.2, 0.25) is 0 Å². The Morgan fingerprint density at radius 3 is 2.33 bits per heavy atom. The molecule has 30 heavy (non-hydrogen) atoms. The lowest BCUT2D eigenvalue weighted by Crippen LogP contribution is -2.38. The SMILES string of the molecule is CCCOc1ccc(OCC(=O)N2CCCN(Cc3ccc(C#N)cc3)CC2)cc1. The summed E-state index contributed by atoms with van der Waals surface area (Å²) in [5, 5.41) is 8.91. The Labute approximate surface area is 178 Å². The largest absolute Gasteiger partial charge is 0.494 e. The van der Waals surface area contributed by atoms with E-state index in [2.05, 4.69) is 17.9 Å². The maximum Gasteiger partial charge on any atom is 0.260 e. The van der Waals surface area contributed by atoms with Crippen LogP contribution in [0.5, 0.6) is 11.5 Å². The van der Waals surface area contributed by atoms with E-state index in [0.717, 1.165) is 44.8 Å². The Kier molecular flexibility index (Phi) is 8.10. The molecule has 1 aliphatic heterocycles. The van der Waals surface area contributed by atoms with Crippen molar-refractivity contribution in [2.75, 3.05) is 39.4 Å². The molecule has 1 fully saturated rings. The van der Waals surface area contributed by atoms with Gasteiger partial charge in [0.25, 0.3) is 5.91 Å². The van der Waals surface area contributed by atoms with Crippen molar-refractivity contribution in [3.8, 4) is 17.6 Å². The first kappa shape index (κ1) is 21.7. The average Bonchev–Trinajstić information content (AvgIpc) is 3.03. The van der Waals surface area contributed by atoms with Crippen molar-refractivity contribution in [1.29, 1.82) is 5.26 Å². The third-order valence-electron chi connectivity index (χ3n) is 5.09. The van der Waals surface area contributed by atoms with E-state index in [9.17, 15) is 4.79 Å². The van der Waals surface area contributed by atoms with Gasteiger partial charge in [-0.15, -0.1) is 0 Å². The molecule has 2 aromatic carbocycles. The minimum Gasteiger partial charge on any atom is -0.494 e. The van der Waals surface area contributed by atoms with E-state index < -0.39 is 0 Å². The monoisotopic (exact) mass is 407 g/mol. The Balaban J connectivity index is 1.44. The maximum atomic E-state index is 12.6. The zero-order valence-electron chi connectivity index (χ0n) is 17.5. The van der Waals surface area contributed by atoms with Crippen LogP contribution in [0.1, 0.15) is 30.9 Å². The van der Waals surface area contributed by atoms with Crippen LogP contribution in [-0.4, -0.2) is 55.1 Å². The smallest absolute Gasteiger partial charge is 0.260 e.